The number of aryl methyl sites for hydroxylation is 2. The van der Waals surface area contributed by atoms with Gasteiger partial charge in [0.15, 0.2) is 11.5 Å². The van der Waals surface area contributed by atoms with Crippen LogP contribution in [-0.4, -0.2) is 30.6 Å². The molecule has 7 nitrogen and oxygen atoms in total. The Hall–Kier alpha value is -4.26. The number of amides is 2. The predicted octanol–water partition coefficient (Wildman–Crippen LogP) is 4.43. The fraction of sp³-hybridized carbons (Fsp3) is 0.185. The zero-order valence-corrected chi connectivity index (χ0v) is 19.2. The molecule has 1 N–H and O–H groups in total. The minimum atomic E-state index is -0.388. The fourth-order valence-electron chi connectivity index (χ4n) is 4.25. The van der Waals surface area contributed by atoms with Gasteiger partial charge in [-0.1, -0.05) is 35.9 Å². The molecule has 0 saturated carbocycles. The van der Waals surface area contributed by atoms with Gasteiger partial charge < -0.3 is 19.5 Å². The lowest BCUT2D eigenvalue weighted by Crippen LogP contribution is -2.32. The Morgan fingerprint density at radius 3 is 2.56 bits per heavy atom. The van der Waals surface area contributed by atoms with Crippen LogP contribution in [0.25, 0.3) is 5.57 Å². The maximum Gasteiger partial charge on any atom is 0.278 e. The van der Waals surface area contributed by atoms with E-state index >= 15 is 0 Å². The van der Waals surface area contributed by atoms with Crippen molar-refractivity contribution in [3.63, 3.8) is 0 Å². The summed E-state index contributed by atoms with van der Waals surface area (Å²) in [6.45, 7) is 4.21. The smallest absolute Gasteiger partial charge is 0.278 e. The molecule has 5 rings (SSSR count). The van der Waals surface area contributed by atoms with Gasteiger partial charge >= 0.3 is 0 Å². The standard InChI is InChI=1S/C27H24N2O5/c1-16-7-9-21(17(2)11-16)24-25(28-19-5-4-6-20(13-19)32-3)27(31)29(26(24)30)14-18-8-10-22-23(12-18)34-15-33-22/h4-13,28H,14-15H2,1-3H3. The van der Waals surface area contributed by atoms with Crippen LogP contribution in [-0.2, 0) is 16.1 Å². The van der Waals surface area contributed by atoms with E-state index in [4.69, 9.17) is 14.2 Å². The Morgan fingerprint density at radius 2 is 1.76 bits per heavy atom. The second-order valence-corrected chi connectivity index (χ2v) is 8.31. The fourth-order valence-corrected chi connectivity index (χ4v) is 4.25. The van der Waals surface area contributed by atoms with Crippen LogP contribution in [0.1, 0.15) is 22.3 Å². The Balaban J connectivity index is 1.54. The summed E-state index contributed by atoms with van der Waals surface area (Å²) >= 11 is 0. The summed E-state index contributed by atoms with van der Waals surface area (Å²) < 4.78 is 16.1. The van der Waals surface area contributed by atoms with E-state index in [0.29, 0.717) is 28.5 Å². The lowest BCUT2D eigenvalue weighted by atomic mass is 9.97. The molecule has 0 radical (unpaired) electrons. The van der Waals surface area contributed by atoms with Crippen molar-refractivity contribution in [1.82, 2.24) is 4.90 Å². The number of carbonyl (C=O) groups excluding carboxylic acids is 2. The number of carbonyl (C=O) groups is 2. The number of hydrogen-bond donors (Lipinski definition) is 1. The van der Waals surface area contributed by atoms with Gasteiger partial charge in [0.2, 0.25) is 6.79 Å². The highest BCUT2D eigenvalue weighted by Gasteiger charge is 2.40. The van der Waals surface area contributed by atoms with E-state index in [1.165, 1.54) is 4.90 Å². The van der Waals surface area contributed by atoms with E-state index in [2.05, 4.69) is 5.32 Å². The molecule has 0 atom stereocenters. The van der Waals surface area contributed by atoms with Gasteiger partial charge in [-0.05, 0) is 54.8 Å². The Labute approximate surface area is 197 Å². The summed E-state index contributed by atoms with van der Waals surface area (Å²) in [5.41, 5.74) is 4.75. The topological polar surface area (TPSA) is 77.1 Å². The lowest BCUT2D eigenvalue weighted by Gasteiger charge is -2.16. The number of nitrogens with one attached hydrogen (secondary N) is 1. The number of hydrogen-bond acceptors (Lipinski definition) is 6. The van der Waals surface area contributed by atoms with Crippen LogP contribution in [0.5, 0.6) is 17.2 Å². The lowest BCUT2D eigenvalue weighted by molar-refractivity contribution is -0.137. The van der Waals surface area contributed by atoms with Crippen molar-refractivity contribution in [2.75, 3.05) is 19.2 Å². The zero-order chi connectivity index (χ0) is 23.8. The highest BCUT2D eigenvalue weighted by molar-refractivity contribution is 6.36. The molecule has 0 fully saturated rings. The van der Waals surface area contributed by atoms with Crippen molar-refractivity contribution in [1.29, 1.82) is 0 Å². The van der Waals surface area contributed by atoms with Crippen LogP contribution < -0.4 is 19.5 Å². The molecule has 2 heterocycles. The molecule has 2 aliphatic rings. The van der Waals surface area contributed by atoms with E-state index in [9.17, 15) is 9.59 Å². The first kappa shape index (κ1) is 21.6. The summed E-state index contributed by atoms with van der Waals surface area (Å²) in [6, 6.07) is 18.5. The van der Waals surface area contributed by atoms with Gasteiger partial charge in [-0.15, -0.1) is 0 Å². The molecular weight excluding hydrogens is 432 g/mol. The average molecular weight is 456 g/mol. The molecular formula is C27H24N2O5. The third-order valence-corrected chi connectivity index (χ3v) is 5.94. The molecule has 172 valence electrons. The number of rotatable bonds is 6. The van der Waals surface area contributed by atoms with Crippen molar-refractivity contribution >= 4 is 23.1 Å². The summed E-state index contributed by atoms with van der Waals surface area (Å²) in [5.74, 6) is 1.17. The van der Waals surface area contributed by atoms with E-state index in [1.807, 2.05) is 56.3 Å². The molecule has 0 aliphatic carbocycles. The molecule has 2 amide bonds. The summed E-state index contributed by atoms with van der Waals surface area (Å²) in [7, 11) is 1.58. The van der Waals surface area contributed by atoms with Gasteiger partial charge in [0.1, 0.15) is 11.4 Å². The number of fused-ring (bicyclic) bond motifs is 1. The van der Waals surface area contributed by atoms with Gasteiger partial charge in [0.05, 0.1) is 19.2 Å². The van der Waals surface area contributed by atoms with Crippen molar-refractivity contribution in [3.05, 3.63) is 88.6 Å². The van der Waals surface area contributed by atoms with Gasteiger partial charge in [-0.2, -0.15) is 0 Å². The molecule has 0 spiro atoms. The van der Waals surface area contributed by atoms with Crippen LogP contribution in [0.4, 0.5) is 5.69 Å². The molecule has 3 aromatic carbocycles. The molecule has 3 aromatic rings. The van der Waals surface area contributed by atoms with Crippen LogP contribution in [0.15, 0.2) is 66.4 Å². The normalized spacial score (nSPS) is 14.7. The van der Waals surface area contributed by atoms with Gasteiger partial charge in [-0.3, -0.25) is 14.5 Å². The van der Waals surface area contributed by atoms with E-state index < -0.39 is 0 Å². The summed E-state index contributed by atoms with van der Waals surface area (Å²) in [5, 5.41) is 3.19. The molecule has 34 heavy (non-hydrogen) atoms. The number of benzene rings is 3. The summed E-state index contributed by atoms with van der Waals surface area (Å²) in [4.78, 5) is 28.5. The van der Waals surface area contributed by atoms with Gasteiger partial charge in [0, 0.05) is 11.8 Å². The first-order valence-corrected chi connectivity index (χ1v) is 10.9. The minimum absolute atomic E-state index is 0.117. The molecule has 0 saturated heterocycles. The third kappa shape index (κ3) is 3.85. The number of ether oxygens (including phenoxy) is 3. The Morgan fingerprint density at radius 1 is 0.941 bits per heavy atom. The summed E-state index contributed by atoms with van der Waals surface area (Å²) in [6.07, 6.45) is 0. The Kier molecular flexibility index (Phi) is 5.45. The molecule has 7 heteroatoms. The molecule has 0 unspecified atom stereocenters. The van der Waals surface area contributed by atoms with E-state index in [1.54, 1.807) is 25.3 Å². The minimum Gasteiger partial charge on any atom is -0.497 e. The zero-order valence-electron chi connectivity index (χ0n) is 19.2. The monoisotopic (exact) mass is 456 g/mol. The van der Waals surface area contributed by atoms with Crippen LogP contribution in [0.2, 0.25) is 0 Å². The van der Waals surface area contributed by atoms with Crippen molar-refractivity contribution < 1.29 is 23.8 Å². The van der Waals surface area contributed by atoms with Gasteiger partial charge in [-0.25, -0.2) is 0 Å². The quantitative estimate of drug-likeness (QED) is 0.553. The maximum atomic E-state index is 13.6. The predicted molar refractivity (Wildman–Crippen MR) is 128 cm³/mol. The molecule has 0 bridgehead atoms. The van der Waals surface area contributed by atoms with Crippen molar-refractivity contribution in [2.45, 2.75) is 20.4 Å². The van der Waals surface area contributed by atoms with Crippen molar-refractivity contribution in [2.24, 2.45) is 0 Å². The van der Waals surface area contributed by atoms with Gasteiger partial charge in [0.25, 0.3) is 11.8 Å². The number of nitrogens with zero attached hydrogens (tertiary/aromatic N) is 1. The number of methoxy groups -OCH3 is 1. The highest BCUT2D eigenvalue weighted by atomic mass is 16.7. The first-order chi connectivity index (χ1) is 16.4. The maximum absolute atomic E-state index is 13.6. The van der Waals surface area contributed by atoms with Crippen molar-refractivity contribution in [3.8, 4) is 17.2 Å². The second kappa shape index (κ2) is 8.59. The second-order valence-electron chi connectivity index (χ2n) is 8.31. The number of anilines is 1. The van der Waals surface area contributed by atoms with Crippen LogP contribution >= 0.6 is 0 Å². The molecule has 2 aliphatic heterocycles. The SMILES string of the molecule is COc1cccc(NC2=C(c3ccc(C)cc3C)C(=O)N(Cc3ccc4c(c3)OCO4)C2=O)c1. The van der Waals surface area contributed by atoms with Crippen LogP contribution in [0.3, 0.4) is 0 Å². The first-order valence-electron chi connectivity index (χ1n) is 10.9. The highest BCUT2D eigenvalue weighted by Crippen LogP contribution is 2.36. The Bertz CT molecular complexity index is 1340. The van der Waals surface area contributed by atoms with Crippen LogP contribution in [0, 0.1) is 13.8 Å². The molecule has 0 aromatic heterocycles. The largest absolute Gasteiger partial charge is 0.497 e. The van der Waals surface area contributed by atoms with E-state index in [-0.39, 0.29) is 30.8 Å². The third-order valence-electron chi connectivity index (χ3n) is 5.94. The number of imide groups is 1. The average Bonchev–Trinajstić information content (AvgIpc) is 3.38. The van der Waals surface area contributed by atoms with E-state index in [0.717, 1.165) is 22.3 Å².